The molecule has 0 saturated heterocycles. The van der Waals surface area contributed by atoms with Gasteiger partial charge in [0.1, 0.15) is 0 Å². The molecule has 0 fully saturated rings. The maximum absolute atomic E-state index is 5.13. The molecule has 3 nitrogen and oxygen atoms in total. The Balaban J connectivity index is 2.25. The van der Waals surface area contributed by atoms with Crippen molar-refractivity contribution in [3.05, 3.63) is 0 Å². The highest BCUT2D eigenvalue weighted by molar-refractivity contribution is 8.14. The summed E-state index contributed by atoms with van der Waals surface area (Å²) in [6, 6.07) is 0. The van der Waals surface area contributed by atoms with Gasteiger partial charge in [0.25, 0.3) is 0 Å². The van der Waals surface area contributed by atoms with E-state index in [4.69, 9.17) is 4.74 Å². The minimum Gasteiger partial charge on any atom is -0.384 e. The van der Waals surface area contributed by atoms with Gasteiger partial charge in [0, 0.05) is 18.9 Å². The molecule has 0 amide bonds. The number of thioether (sulfide) groups is 1. The van der Waals surface area contributed by atoms with Gasteiger partial charge < -0.3 is 10.1 Å². The highest BCUT2D eigenvalue weighted by Crippen LogP contribution is 2.30. The molecule has 2 atom stereocenters. The number of amidine groups is 1. The van der Waals surface area contributed by atoms with Crippen molar-refractivity contribution in [1.29, 1.82) is 0 Å². The van der Waals surface area contributed by atoms with Crippen LogP contribution in [0.2, 0.25) is 0 Å². The first-order chi connectivity index (χ1) is 8.21. The molecule has 1 aliphatic rings. The van der Waals surface area contributed by atoms with E-state index >= 15 is 0 Å². The zero-order chi connectivity index (χ0) is 12.7. The average Bonchev–Trinajstić information content (AvgIpc) is 2.77. The minimum atomic E-state index is 0.537. The molecule has 0 aromatic carbocycles. The topological polar surface area (TPSA) is 33.6 Å². The van der Waals surface area contributed by atoms with Crippen molar-refractivity contribution in [3.8, 4) is 0 Å². The highest BCUT2D eigenvalue weighted by atomic mass is 32.2. The molecule has 17 heavy (non-hydrogen) atoms. The predicted molar refractivity (Wildman–Crippen MR) is 76.8 cm³/mol. The molecule has 0 saturated carbocycles. The van der Waals surface area contributed by atoms with Crippen LogP contribution in [0.4, 0.5) is 0 Å². The Bertz CT molecular complexity index is 242. The SMILES string of the molecule is CCC(CC)C1CN=C(NCC(C)COC)S1. The predicted octanol–water partition coefficient (Wildman–Crippen LogP) is 2.77. The van der Waals surface area contributed by atoms with E-state index < -0.39 is 0 Å². The van der Waals surface area contributed by atoms with Gasteiger partial charge in [-0.25, -0.2) is 0 Å². The van der Waals surface area contributed by atoms with E-state index in [1.807, 2.05) is 11.8 Å². The number of hydrogen-bond acceptors (Lipinski definition) is 4. The van der Waals surface area contributed by atoms with Gasteiger partial charge in [-0.05, 0) is 11.8 Å². The lowest BCUT2D eigenvalue weighted by Crippen LogP contribution is -2.28. The fraction of sp³-hybridized carbons (Fsp3) is 0.923. The largest absolute Gasteiger partial charge is 0.384 e. The summed E-state index contributed by atoms with van der Waals surface area (Å²) in [7, 11) is 1.75. The van der Waals surface area contributed by atoms with Crippen LogP contribution in [0.3, 0.4) is 0 Å². The molecule has 0 aromatic rings. The number of aliphatic imine (C=N–C) groups is 1. The van der Waals surface area contributed by atoms with E-state index in [1.54, 1.807) is 7.11 Å². The Morgan fingerprint density at radius 3 is 2.76 bits per heavy atom. The molecule has 1 aliphatic heterocycles. The molecular formula is C13H26N2OS. The maximum atomic E-state index is 5.13. The summed E-state index contributed by atoms with van der Waals surface area (Å²) in [5.41, 5.74) is 0. The van der Waals surface area contributed by atoms with Gasteiger partial charge in [-0.3, -0.25) is 4.99 Å². The van der Waals surface area contributed by atoms with Crippen molar-refractivity contribution in [3.63, 3.8) is 0 Å². The average molecular weight is 258 g/mol. The second kappa shape index (κ2) is 7.98. The molecule has 2 unspecified atom stereocenters. The number of hydrogen-bond donors (Lipinski definition) is 1. The van der Waals surface area contributed by atoms with Gasteiger partial charge in [0.15, 0.2) is 5.17 Å². The lowest BCUT2D eigenvalue weighted by atomic mass is 9.99. The summed E-state index contributed by atoms with van der Waals surface area (Å²) in [4.78, 5) is 4.59. The third-order valence-electron chi connectivity index (χ3n) is 3.31. The molecule has 0 aromatic heterocycles. The lowest BCUT2D eigenvalue weighted by Gasteiger charge is -2.19. The van der Waals surface area contributed by atoms with E-state index in [9.17, 15) is 0 Å². The second-order valence-corrected chi connectivity index (χ2v) is 6.05. The molecule has 0 aliphatic carbocycles. The zero-order valence-corrected chi connectivity index (χ0v) is 12.3. The zero-order valence-electron chi connectivity index (χ0n) is 11.5. The Labute approximate surface area is 110 Å². The normalized spacial score (nSPS) is 21.7. The maximum Gasteiger partial charge on any atom is 0.156 e. The number of methoxy groups -OCH3 is 1. The molecule has 100 valence electrons. The smallest absolute Gasteiger partial charge is 0.156 e. The Morgan fingerprint density at radius 2 is 2.18 bits per heavy atom. The Hall–Kier alpha value is -0.220. The number of nitrogens with zero attached hydrogens (tertiary/aromatic N) is 1. The number of ether oxygens (including phenoxy) is 1. The van der Waals surface area contributed by atoms with Crippen LogP contribution in [-0.2, 0) is 4.74 Å². The van der Waals surface area contributed by atoms with Crippen LogP contribution in [0.15, 0.2) is 4.99 Å². The van der Waals surface area contributed by atoms with Gasteiger partial charge in [-0.2, -0.15) is 0 Å². The number of nitrogens with one attached hydrogen (secondary N) is 1. The molecule has 4 heteroatoms. The van der Waals surface area contributed by atoms with Gasteiger partial charge in [0.2, 0.25) is 0 Å². The third kappa shape index (κ3) is 4.88. The van der Waals surface area contributed by atoms with E-state index in [0.29, 0.717) is 11.2 Å². The molecule has 1 N–H and O–H groups in total. The van der Waals surface area contributed by atoms with Gasteiger partial charge in [-0.1, -0.05) is 45.4 Å². The van der Waals surface area contributed by atoms with Crippen molar-refractivity contribution in [2.75, 3.05) is 26.8 Å². The first-order valence-corrected chi connectivity index (χ1v) is 7.53. The monoisotopic (exact) mass is 258 g/mol. The Kier molecular flexibility index (Phi) is 6.97. The summed E-state index contributed by atoms with van der Waals surface area (Å²) in [6.45, 7) is 9.49. The first kappa shape index (κ1) is 14.8. The van der Waals surface area contributed by atoms with Crippen molar-refractivity contribution < 1.29 is 4.74 Å². The van der Waals surface area contributed by atoms with Crippen LogP contribution in [0.5, 0.6) is 0 Å². The van der Waals surface area contributed by atoms with Crippen LogP contribution in [0.25, 0.3) is 0 Å². The van der Waals surface area contributed by atoms with E-state index in [-0.39, 0.29) is 0 Å². The van der Waals surface area contributed by atoms with Crippen molar-refractivity contribution in [2.45, 2.75) is 38.9 Å². The fourth-order valence-corrected chi connectivity index (χ4v) is 3.48. The van der Waals surface area contributed by atoms with Crippen molar-refractivity contribution in [2.24, 2.45) is 16.8 Å². The molecule has 0 spiro atoms. The fourth-order valence-electron chi connectivity index (χ4n) is 2.15. The lowest BCUT2D eigenvalue weighted by molar-refractivity contribution is 0.161. The van der Waals surface area contributed by atoms with E-state index in [2.05, 4.69) is 31.1 Å². The number of rotatable bonds is 7. The molecule has 0 bridgehead atoms. The summed E-state index contributed by atoms with van der Waals surface area (Å²) in [6.07, 6.45) is 2.52. The quantitative estimate of drug-likeness (QED) is 0.762. The van der Waals surface area contributed by atoms with Crippen LogP contribution in [0.1, 0.15) is 33.6 Å². The minimum absolute atomic E-state index is 0.537. The summed E-state index contributed by atoms with van der Waals surface area (Å²) < 4.78 is 5.13. The van der Waals surface area contributed by atoms with Crippen LogP contribution < -0.4 is 5.32 Å². The molecule has 1 heterocycles. The molecular weight excluding hydrogens is 232 g/mol. The van der Waals surface area contributed by atoms with Crippen LogP contribution >= 0.6 is 11.8 Å². The summed E-state index contributed by atoms with van der Waals surface area (Å²) in [5, 5.41) is 5.25. The summed E-state index contributed by atoms with van der Waals surface area (Å²) in [5.74, 6) is 1.34. The van der Waals surface area contributed by atoms with Gasteiger partial charge in [0.05, 0.1) is 13.2 Å². The first-order valence-electron chi connectivity index (χ1n) is 6.65. The van der Waals surface area contributed by atoms with Crippen LogP contribution in [-0.4, -0.2) is 37.2 Å². The van der Waals surface area contributed by atoms with Crippen molar-refractivity contribution >= 4 is 16.9 Å². The van der Waals surface area contributed by atoms with Crippen LogP contribution in [0, 0.1) is 11.8 Å². The summed E-state index contributed by atoms with van der Waals surface area (Å²) >= 11 is 1.93. The third-order valence-corrected chi connectivity index (χ3v) is 4.64. The molecule has 1 rings (SSSR count). The Morgan fingerprint density at radius 1 is 1.47 bits per heavy atom. The second-order valence-electron chi connectivity index (χ2n) is 4.82. The van der Waals surface area contributed by atoms with E-state index in [1.165, 1.54) is 12.8 Å². The van der Waals surface area contributed by atoms with Crippen molar-refractivity contribution in [1.82, 2.24) is 5.32 Å². The standard InChI is InChI=1S/C13H26N2OS/c1-5-11(6-2)12-8-15-13(17-12)14-7-10(3)9-16-4/h10-12H,5-9H2,1-4H3,(H,14,15). The van der Waals surface area contributed by atoms with E-state index in [0.717, 1.165) is 30.8 Å². The van der Waals surface area contributed by atoms with Gasteiger partial charge in [-0.15, -0.1) is 0 Å². The highest BCUT2D eigenvalue weighted by Gasteiger charge is 2.25. The molecule has 0 radical (unpaired) electrons. The van der Waals surface area contributed by atoms with Gasteiger partial charge >= 0.3 is 0 Å².